The van der Waals surface area contributed by atoms with Gasteiger partial charge in [-0.25, -0.2) is 0 Å². The van der Waals surface area contributed by atoms with Gasteiger partial charge in [0.2, 0.25) is 5.91 Å². The highest BCUT2D eigenvalue weighted by Crippen LogP contribution is 2.22. The van der Waals surface area contributed by atoms with E-state index in [-0.39, 0.29) is 37.4 Å². The summed E-state index contributed by atoms with van der Waals surface area (Å²) >= 11 is 11.7. The molecule has 2 aromatic rings. The zero-order valence-electron chi connectivity index (χ0n) is 16.6. The molecule has 2 heterocycles. The minimum Gasteiger partial charge on any atom is -0.389 e. The largest absolute Gasteiger partial charge is 0.389 e. The number of benzene rings is 2. The van der Waals surface area contributed by atoms with Crippen molar-refractivity contribution in [3.63, 3.8) is 0 Å². The highest BCUT2D eigenvalue weighted by Gasteiger charge is 2.42. The number of piperazine rings is 1. The summed E-state index contributed by atoms with van der Waals surface area (Å²) in [5.41, 5.74) is 0.938. The van der Waals surface area contributed by atoms with Crippen LogP contribution in [0.15, 0.2) is 48.5 Å². The monoisotopic (exact) mass is 461 g/mol. The van der Waals surface area contributed by atoms with Crippen LogP contribution in [0, 0.1) is 0 Å². The van der Waals surface area contributed by atoms with E-state index in [9.17, 15) is 19.5 Å². The van der Waals surface area contributed by atoms with Gasteiger partial charge >= 0.3 is 0 Å². The van der Waals surface area contributed by atoms with Crippen LogP contribution >= 0.6 is 23.2 Å². The van der Waals surface area contributed by atoms with Crippen molar-refractivity contribution >= 4 is 40.9 Å². The second kappa shape index (κ2) is 8.86. The number of β-amino-alcohol motifs (C(OH)–C–C–N with tert-alkyl or cyclic N) is 1. The van der Waals surface area contributed by atoms with Gasteiger partial charge in [-0.2, -0.15) is 0 Å². The molecule has 0 aliphatic carbocycles. The van der Waals surface area contributed by atoms with Gasteiger partial charge in [0.15, 0.2) is 0 Å². The van der Waals surface area contributed by atoms with E-state index >= 15 is 0 Å². The van der Waals surface area contributed by atoms with Gasteiger partial charge < -0.3 is 19.8 Å². The zero-order chi connectivity index (χ0) is 22.1. The van der Waals surface area contributed by atoms with Crippen LogP contribution in [0.5, 0.6) is 0 Å². The lowest BCUT2D eigenvalue weighted by molar-refractivity contribution is -0.139. The number of aliphatic hydroxyl groups is 1. The van der Waals surface area contributed by atoms with Crippen molar-refractivity contribution in [1.82, 2.24) is 14.7 Å². The van der Waals surface area contributed by atoms with Gasteiger partial charge in [0.1, 0.15) is 6.54 Å². The summed E-state index contributed by atoms with van der Waals surface area (Å²) in [6.45, 7) is 0.947. The molecular weight excluding hydrogens is 441 g/mol. The lowest BCUT2D eigenvalue weighted by Gasteiger charge is -2.38. The molecular formula is C22H21Cl2N3O4. The van der Waals surface area contributed by atoms with E-state index in [0.29, 0.717) is 34.3 Å². The zero-order valence-corrected chi connectivity index (χ0v) is 18.1. The fourth-order valence-corrected chi connectivity index (χ4v) is 4.25. The molecule has 4 rings (SSSR count). The molecule has 0 radical (unpaired) electrons. The molecule has 31 heavy (non-hydrogen) atoms. The van der Waals surface area contributed by atoms with E-state index in [0.717, 1.165) is 0 Å². The van der Waals surface area contributed by atoms with E-state index in [1.165, 1.54) is 9.80 Å². The molecule has 0 aromatic heterocycles. The Hall–Kier alpha value is -2.61. The van der Waals surface area contributed by atoms with E-state index in [4.69, 9.17) is 23.2 Å². The molecule has 2 unspecified atom stereocenters. The van der Waals surface area contributed by atoms with Crippen LogP contribution < -0.4 is 0 Å². The Morgan fingerprint density at radius 1 is 0.806 bits per heavy atom. The quantitative estimate of drug-likeness (QED) is 0.759. The third kappa shape index (κ3) is 4.54. The maximum Gasteiger partial charge on any atom is 0.254 e. The highest BCUT2D eigenvalue weighted by atomic mass is 35.5. The first-order valence-corrected chi connectivity index (χ1v) is 10.7. The Morgan fingerprint density at radius 3 is 1.84 bits per heavy atom. The molecule has 162 valence electrons. The number of carbonyl (C=O) groups is 3. The van der Waals surface area contributed by atoms with Gasteiger partial charge in [-0.15, -0.1) is 0 Å². The van der Waals surface area contributed by atoms with Crippen LogP contribution in [0.4, 0.5) is 0 Å². The lowest BCUT2D eigenvalue weighted by Crippen LogP contribution is -2.58. The number of halogens is 2. The first kappa shape index (κ1) is 21.6. The van der Waals surface area contributed by atoms with Crippen LogP contribution in [-0.2, 0) is 4.79 Å². The predicted octanol–water partition coefficient (Wildman–Crippen LogP) is 2.16. The minimum absolute atomic E-state index is 0.0736. The average molecular weight is 462 g/mol. The van der Waals surface area contributed by atoms with Crippen molar-refractivity contribution in [2.24, 2.45) is 0 Å². The molecule has 7 nitrogen and oxygen atoms in total. The number of hydrogen-bond acceptors (Lipinski definition) is 4. The SMILES string of the molecule is O=C(c1ccc(Cl)cc1)N1CCN(C2CN(C(=O)c3ccc(Cl)cc3)CC2O)C(=O)C1. The molecule has 0 saturated carbocycles. The molecule has 3 amide bonds. The summed E-state index contributed by atoms with van der Waals surface area (Å²) < 4.78 is 0. The van der Waals surface area contributed by atoms with Crippen LogP contribution in [-0.4, -0.2) is 82.4 Å². The van der Waals surface area contributed by atoms with Crippen LogP contribution in [0.3, 0.4) is 0 Å². The smallest absolute Gasteiger partial charge is 0.254 e. The normalized spacial score (nSPS) is 21.5. The van der Waals surface area contributed by atoms with Crippen molar-refractivity contribution < 1.29 is 19.5 Å². The van der Waals surface area contributed by atoms with Crippen LogP contribution in [0.1, 0.15) is 20.7 Å². The van der Waals surface area contributed by atoms with E-state index in [1.807, 2.05) is 0 Å². The highest BCUT2D eigenvalue weighted by molar-refractivity contribution is 6.31. The topological polar surface area (TPSA) is 81.2 Å². The number of rotatable bonds is 3. The average Bonchev–Trinajstić information content (AvgIpc) is 3.15. The molecule has 0 spiro atoms. The van der Waals surface area contributed by atoms with E-state index in [1.54, 1.807) is 53.4 Å². The molecule has 2 aromatic carbocycles. The van der Waals surface area contributed by atoms with Gasteiger partial charge in [0, 0.05) is 47.4 Å². The lowest BCUT2D eigenvalue weighted by atomic mass is 10.1. The predicted molar refractivity (Wildman–Crippen MR) is 116 cm³/mol. The molecule has 2 saturated heterocycles. The first-order chi connectivity index (χ1) is 14.8. The van der Waals surface area contributed by atoms with Gasteiger partial charge in [0.05, 0.1) is 12.1 Å². The summed E-state index contributed by atoms with van der Waals surface area (Å²) in [7, 11) is 0. The molecule has 2 fully saturated rings. The van der Waals surface area contributed by atoms with E-state index in [2.05, 4.69) is 0 Å². The first-order valence-electron chi connectivity index (χ1n) is 9.90. The number of carbonyl (C=O) groups excluding carboxylic acids is 3. The number of likely N-dealkylation sites (tertiary alicyclic amines) is 1. The van der Waals surface area contributed by atoms with Crippen molar-refractivity contribution in [2.45, 2.75) is 12.1 Å². The summed E-state index contributed by atoms with van der Waals surface area (Å²) in [6.07, 6.45) is -0.848. The van der Waals surface area contributed by atoms with Gasteiger partial charge in [-0.1, -0.05) is 23.2 Å². The number of amides is 3. The third-order valence-electron chi connectivity index (χ3n) is 5.67. The van der Waals surface area contributed by atoms with Crippen LogP contribution in [0.25, 0.3) is 0 Å². The van der Waals surface area contributed by atoms with Crippen LogP contribution in [0.2, 0.25) is 10.0 Å². The number of nitrogens with zero attached hydrogens (tertiary/aromatic N) is 3. The molecule has 1 N–H and O–H groups in total. The summed E-state index contributed by atoms with van der Waals surface area (Å²) in [5.74, 6) is -0.711. The second-order valence-corrected chi connectivity index (χ2v) is 8.55. The summed E-state index contributed by atoms with van der Waals surface area (Å²) in [5, 5.41) is 11.6. The fraction of sp³-hybridized carbons (Fsp3) is 0.318. The van der Waals surface area contributed by atoms with E-state index < -0.39 is 12.1 Å². The Kier molecular flexibility index (Phi) is 6.18. The standard InChI is InChI=1S/C22H21Cl2N3O4/c23-16-5-1-14(2-6-16)21(30)25-9-10-27(20(29)13-25)18-11-26(12-19(18)28)22(31)15-3-7-17(24)8-4-15/h1-8,18-19,28H,9-13H2. The fourth-order valence-electron chi connectivity index (χ4n) is 4.00. The number of aliphatic hydroxyl groups excluding tert-OH is 1. The maximum atomic E-state index is 12.8. The van der Waals surface area contributed by atoms with Gasteiger partial charge in [0.25, 0.3) is 11.8 Å². The Balaban J connectivity index is 1.39. The second-order valence-electron chi connectivity index (χ2n) is 7.67. The number of hydrogen-bond donors (Lipinski definition) is 1. The molecule has 2 aliphatic rings. The van der Waals surface area contributed by atoms with Gasteiger partial charge in [-0.05, 0) is 48.5 Å². The molecule has 0 bridgehead atoms. The maximum absolute atomic E-state index is 12.8. The summed E-state index contributed by atoms with van der Waals surface area (Å²) in [4.78, 5) is 42.8. The Labute approximate surface area is 189 Å². The molecule has 2 aliphatic heterocycles. The van der Waals surface area contributed by atoms with Gasteiger partial charge in [-0.3, -0.25) is 14.4 Å². The van der Waals surface area contributed by atoms with Crippen molar-refractivity contribution in [3.05, 3.63) is 69.7 Å². The Bertz CT molecular complexity index is 997. The van der Waals surface area contributed by atoms with Crippen molar-refractivity contribution in [3.8, 4) is 0 Å². The molecule has 9 heteroatoms. The van der Waals surface area contributed by atoms with Crippen molar-refractivity contribution in [1.29, 1.82) is 0 Å². The van der Waals surface area contributed by atoms with Crippen molar-refractivity contribution in [2.75, 3.05) is 32.7 Å². The molecule has 2 atom stereocenters. The summed E-state index contributed by atoms with van der Waals surface area (Å²) in [6, 6.07) is 12.6. The third-order valence-corrected chi connectivity index (χ3v) is 6.18. The minimum atomic E-state index is -0.848. The Morgan fingerprint density at radius 2 is 1.32 bits per heavy atom.